The first-order valence-electron chi connectivity index (χ1n) is 6.71. The summed E-state index contributed by atoms with van der Waals surface area (Å²) in [6.07, 6.45) is 3.49. The minimum atomic E-state index is -3.52. The summed E-state index contributed by atoms with van der Waals surface area (Å²) in [5, 5.41) is 2.86. The molecular weight excluding hydrogens is 342 g/mol. The van der Waals surface area contributed by atoms with Crippen molar-refractivity contribution in [2.45, 2.75) is 37.6 Å². The SMILES string of the molecule is CNc1ncc(Br)cc1S(=O)(=O)N(CC(C)C)C1CC1. The molecule has 0 saturated heterocycles. The number of aromatic nitrogens is 1. The first-order chi connectivity index (χ1) is 9.36. The van der Waals surface area contributed by atoms with E-state index in [2.05, 4.69) is 26.2 Å². The summed E-state index contributed by atoms with van der Waals surface area (Å²) >= 11 is 3.30. The smallest absolute Gasteiger partial charge is 0.247 e. The van der Waals surface area contributed by atoms with Gasteiger partial charge in [0.2, 0.25) is 10.0 Å². The van der Waals surface area contributed by atoms with E-state index in [-0.39, 0.29) is 10.9 Å². The number of anilines is 1. The first kappa shape index (κ1) is 15.7. The molecule has 112 valence electrons. The van der Waals surface area contributed by atoms with E-state index < -0.39 is 10.0 Å². The van der Waals surface area contributed by atoms with Gasteiger partial charge < -0.3 is 5.32 Å². The summed E-state index contributed by atoms with van der Waals surface area (Å²) in [6.45, 7) is 4.61. The van der Waals surface area contributed by atoms with Gasteiger partial charge in [-0.15, -0.1) is 0 Å². The molecule has 0 atom stereocenters. The molecule has 1 aliphatic carbocycles. The molecule has 0 aliphatic heterocycles. The molecule has 1 fully saturated rings. The standard InChI is InChI=1S/C13H20BrN3O2S/c1-9(2)8-17(11-4-5-11)20(18,19)12-6-10(14)7-16-13(12)15-3/h6-7,9,11H,4-5,8H2,1-3H3,(H,15,16). The van der Waals surface area contributed by atoms with Crippen LogP contribution in [-0.4, -0.2) is 37.3 Å². The number of pyridine rings is 1. The lowest BCUT2D eigenvalue weighted by Crippen LogP contribution is -2.36. The third kappa shape index (κ3) is 3.32. The molecule has 1 aromatic rings. The van der Waals surface area contributed by atoms with Crippen LogP contribution in [0.5, 0.6) is 0 Å². The van der Waals surface area contributed by atoms with E-state index in [1.54, 1.807) is 23.6 Å². The second-order valence-electron chi connectivity index (χ2n) is 5.45. The fraction of sp³-hybridized carbons (Fsp3) is 0.615. The number of nitrogens with one attached hydrogen (secondary N) is 1. The molecule has 0 amide bonds. The Labute approximate surface area is 129 Å². The number of hydrogen-bond acceptors (Lipinski definition) is 4. The zero-order valence-corrected chi connectivity index (χ0v) is 14.3. The van der Waals surface area contributed by atoms with Crippen molar-refractivity contribution in [2.75, 3.05) is 18.9 Å². The van der Waals surface area contributed by atoms with Crippen molar-refractivity contribution < 1.29 is 8.42 Å². The maximum absolute atomic E-state index is 12.9. The van der Waals surface area contributed by atoms with Crippen molar-refractivity contribution in [2.24, 2.45) is 5.92 Å². The number of halogens is 1. The van der Waals surface area contributed by atoms with Crippen LogP contribution >= 0.6 is 15.9 Å². The highest BCUT2D eigenvalue weighted by atomic mass is 79.9. The molecule has 5 nitrogen and oxygen atoms in total. The van der Waals surface area contributed by atoms with Gasteiger partial charge in [-0.1, -0.05) is 13.8 Å². The molecule has 0 unspecified atom stereocenters. The summed E-state index contributed by atoms with van der Waals surface area (Å²) in [6, 6.07) is 1.76. The summed E-state index contributed by atoms with van der Waals surface area (Å²) < 4.78 is 28.1. The summed E-state index contributed by atoms with van der Waals surface area (Å²) in [7, 11) is -1.84. The molecule has 1 N–H and O–H groups in total. The van der Waals surface area contributed by atoms with Gasteiger partial charge in [0.15, 0.2) is 0 Å². The van der Waals surface area contributed by atoms with E-state index in [4.69, 9.17) is 0 Å². The predicted octanol–water partition coefficient (Wildman–Crippen LogP) is 2.69. The fourth-order valence-electron chi connectivity index (χ4n) is 2.10. The topological polar surface area (TPSA) is 62.3 Å². The van der Waals surface area contributed by atoms with Gasteiger partial charge in [-0.2, -0.15) is 4.31 Å². The molecule has 0 aromatic carbocycles. The Bertz CT molecular complexity index is 585. The van der Waals surface area contributed by atoms with Crippen molar-refractivity contribution in [1.82, 2.24) is 9.29 Å². The van der Waals surface area contributed by atoms with Crippen molar-refractivity contribution in [3.05, 3.63) is 16.7 Å². The number of hydrogen-bond donors (Lipinski definition) is 1. The van der Waals surface area contributed by atoms with Gasteiger partial charge in [0.1, 0.15) is 10.7 Å². The molecule has 0 bridgehead atoms. The zero-order chi connectivity index (χ0) is 14.9. The van der Waals surface area contributed by atoms with Crippen LogP contribution in [0.4, 0.5) is 5.82 Å². The average Bonchev–Trinajstić information content (AvgIpc) is 3.19. The second kappa shape index (κ2) is 5.99. The van der Waals surface area contributed by atoms with Crippen LogP contribution < -0.4 is 5.32 Å². The minimum Gasteiger partial charge on any atom is -0.372 e. The molecule has 1 aliphatic rings. The maximum atomic E-state index is 12.9. The summed E-state index contributed by atoms with van der Waals surface area (Å²) in [4.78, 5) is 4.38. The molecule has 1 heterocycles. The van der Waals surface area contributed by atoms with E-state index in [0.29, 0.717) is 22.8 Å². The molecule has 2 rings (SSSR count). The largest absolute Gasteiger partial charge is 0.372 e. The normalized spacial score (nSPS) is 15.9. The Balaban J connectivity index is 2.44. The van der Waals surface area contributed by atoms with Crippen LogP contribution in [0.3, 0.4) is 0 Å². The molecule has 1 saturated carbocycles. The van der Waals surface area contributed by atoms with E-state index in [9.17, 15) is 8.42 Å². The third-order valence-corrected chi connectivity index (χ3v) is 5.51. The lowest BCUT2D eigenvalue weighted by molar-refractivity contribution is 0.360. The molecule has 0 spiro atoms. The Morgan fingerprint density at radius 3 is 2.65 bits per heavy atom. The van der Waals surface area contributed by atoms with Crippen LogP contribution in [0.2, 0.25) is 0 Å². The lowest BCUT2D eigenvalue weighted by Gasteiger charge is -2.24. The van der Waals surface area contributed by atoms with Crippen LogP contribution in [0.15, 0.2) is 21.6 Å². The lowest BCUT2D eigenvalue weighted by atomic mass is 10.2. The number of nitrogens with zero attached hydrogens (tertiary/aromatic N) is 2. The summed E-state index contributed by atoms with van der Waals surface area (Å²) in [5.74, 6) is 0.686. The van der Waals surface area contributed by atoms with Gasteiger partial charge in [0, 0.05) is 30.3 Å². The number of rotatable bonds is 6. The Kier molecular flexibility index (Phi) is 4.71. The van der Waals surface area contributed by atoms with Crippen LogP contribution in [-0.2, 0) is 10.0 Å². The molecule has 1 aromatic heterocycles. The van der Waals surface area contributed by atoms with Gasteiger partial charge >= 0.3 is 0 Å². The van der Waals surface area contributed by atoms with Crippen LogP contribution in [0, 0.1) is 5.92 Å². The van der Waals surface area contributed by atoms with Gasteiger partial charge in [0.05, 0.1) is 0 Å². The van der Waals surface area contributed by atoms with E-state index in [0.717, 1.165) is 12.8 Å². The molecule has 20 heavy (non-hydrogen) atoms. The molecule has 7 heteroatoms. The molecule has 0 radical (unpaired) electrons. The average molecular weight is 362 g/mol. The van der Waals surface area contributed by atoms with Gasteiger partial charge in [-0.05, 0) is 40.8 Å². The third-order valence-electron chi connectivity index (χ3n) is 3.14. The highest BCUT2D eigenvalue weighted by molar-refractivity contribution is 9.10. The van der Waals surface area contributed by atoms with Gasteiger partial charge in [0.25, 0.3) is 0 Å². The first-order valence-corrected chi connectivity index (χ1v) is 8.94. The van der Waals surface area contributed by atoms with Crippen LogP contribution in [0.1, 0.15) is 26.7 Å². The van der Waals surface area contributed by atoms with Gasteiger partial charge in [-0.3, -0.25) is 0 Å². The number of sulfonamides is 1. The van der Waals surface area contributed by atoms with Crippen molar-refractivity contribution >= 4 is 31.8 Å². The highest BCUT2D eigenvalue weighted by Gasteiger charge is 2.39. The summed E-state index contributed by atoms with van der Waals surface area (Å²) in [5.41, 5.74) is 0. The minimum absolute atomic E-state index is 0.145. The Morgan fingerprint density at radius 1 is 1.50 bits per heavy atom. The maximum Gasteiger partial charge on any atom is 0.247 e. The van der Waals surface area contributed by atoms with Crippen molar-refractivity contribution in [3.63, 3.8) is 0 Å². The monoisotopic (exact) mass is 361 g/mol. The van der Waals surface area contributed by atoms with Crippen molar-refractivity contribution in [1.29, 1.82) is 0 Å². The van der Waals surface area contributed by atoms with E-state index >= 15 is 0 Å². The zero-order valence-electron chi connectivity index (χ0n) is 11.9. The van der Waals surface area contributed by atoms with Gasteiger partial charge in [-0.25, -0.2) is 13.4 Å². The van der Waals surface area contributed by atoms with Crippen molar-refractivity contribution in [3.8, 4) is 0 Å². The quantitative estimate of drug-likeness (QED) is 0.845. The van der Waals surface area contributed by atoms with E-state index in [1.807, 2.05) is 13.8 Å². The predicted molar refractivity (Wildman–Crippen MR) is 83.2 cm³/mol. The van der Waals surface area contributed by atoms with E-state index in [1.165, 1.54) is 0 Å². The molecular formula is C13H20BrN3O2S. The second-order valence-corrected chi connectivity index (χ2v) is 8.22. The Hall–Kier alpha value is -0.660. The Morgan fingerprint density at radius 2 is 2.15 bits per heavy atom. The highest BCUT2D eigenvalue weighted by Crippen LogP contribution is 2.35. The fourth-order valence-corrected chi connectivity index (χ4v) is 4.61. The van der Waals surface area contributed by atoms with Crippen LogP contribution in [0.25, 0.3) is 0 Å².